The summed E-state index contributed by atoms with van der Waals surface area (Å²) in [5.41, 5.74) is -1.13. The molecular formula is C15H24N2O3. The van der Waals surface area contributed by atoms with Gasteiger partial charge in [-0.25, -0.2) is 0 Å². The predicted octanol–water partition coefficient (Wildman–Crippen LogP) is 1.15. The van der Waals surface area contributed by atoms with Gasteiger partial charge in [0.05, 0.1) is 5.60 Å². The minimum absolute atomic E-state index is 0.0278. The summed E-state index contributed by atoms with van der Waals surface area (Å²) in [5, 5.41) is 12.8. The second kappa shape index (κ2) is 7.24. The first kappa shape index (κ1) is 16.4. The monoisotopic (exact) mass is 280 g/mol. The van der Waals surface area contributed by atoms with Crippen LogP contribution in [-0.4, -0.2) is 27.7 Å². The van der Waals surface area contributed by atoms with Gasteiger partial charge in [-0.15, -0.1) is 0 Å². The number of hydrogen-bond acceptors (Lipinski definition) is 3. The third-order valence-electron chi connectivity index (χ3n) is 3.14. The molecule has 0 aromatic carbocycles. The summed E-state index contributed by atoms with van der Waals surface area (Å²) in [4.78, 5) is 23.2. The van der Waals surface area contributed by atoms with Crippen molar-refractivity contribution in [1.82, 2.24) is 9.88 Å². The van der Waals surface area contributed by atoms with Crippen molar-refractivity contribution < 1.29 is 9.90 Å². The van der Waals surface area contributed by atoms with E-state index in [0.29, 0.717) is 12.3 Å². The van der Waals surface area contributed by atoms with Crippen LogP contribution in [0.5, 0.6) is 0 Å². The first-order valence-corrected chi connectivity index (χ1v) is 6.95. The Balaban J connectivity index is 2.43. The van der Waals surface area contributed by atoms with Crippen LogP contribution in [-0.2, 0) is 11.3 Å². The van der Waals surface area contributed by atoms with Crippen LogP contribution in [0.3, 0.4) is 0 Å². The largest absolute Gasteiger partial charge is 0.388 e. The molecule has 5 nitrogen and oxygen atoms in total. The van der Waals surface area contributed by atoms with Crippen LogP contribution < -0.4 is 10.9 Å². The fourth-order valence-electron chi connectivity index (χ4n) is 1.78. The summed E-state index contributed by atoms with van der Waals surface area (Å²) in [5.74, 6) is 0.239. The van der Waals surface area contributed by atoms with Crippen molar-refractivity contribution >= 4 is 5.91 Å². The lowest BCUT2D eigenvalue weighted by Crippen LogP contribution is -2.42. The van der Waals surface area contributed by atoms with Crippen molar-refractivity contribution in [1.29, 1.82) is 0 Å². The maximum atomic E-state index is 11.8. The van der Waals surface area contributed by atoms with E-state index < -0.39 is 5.60 Å². The average Bonchev–Trinajstić information content (AvgIpc) is 2.37. The van der Waals surface area contributed by atoms with Gasteiger partial charge in [0, 0.05) is 18.8 Å². The van der Waals surface area contributed by atoms with Crippen molar-refractivity contribution in [2.75, 3.05) is 6.54 Å². The molecule has 0 spiro atoms. The Morgan fingerprint density at radius 1 is 1.45 bits per heavy atom. The molecule has 5 heteroatoms. The highest BCUT2D eigenvalue weighted by Crippen LogP contribution is 2.15. The van der Waals surface area contributed by atoms with Crippen LogP contribution in [0.25, 0.3) is 0 Å². The summed E-state index contributed by atoms with van der Waals surface area (Å²) < 4.78 is 1.33. The molecule has 0 aliphatic rings. The lowest BCUT2D eigenvalue weighted by molar-refractivity contribution is -0.122. The molecule has 0 aliphatic heterocycles. The maximum Gasteiger partial charge on any atom is 0.250 e. The third-order valence-corrected chi connectivity index (χ3v) is 3.14. The number of carbonyl (C=O) groups is 1. The van der Waals surface area contributed by atoms with Gasteiger partial charge in [-0.1, -0.05) is 19.9 Å². The SMILES string of the molecule is CC(C)CCC(C)(O)CNC(=O)Cn1ccccc1=O. The maximum absolute atomic E-state index is 11.8. The molecule has 0 fully saturated rings. The highest BCUT2D eigenvalue weighted by Gasteiger charge is 2.21. The molecule has 20 heavy (non-hydrogen) atoms. The lowest BCUT2D eigenvalue weighted by atomic mass is 9.95. The minimum Gasteiger partial charge on any atom is -0.388 e. The Kier molecular flexibility index (Phi) is 5.95. The Hall–Kier alpha value is -1.62. The van der Waals surface area contributed by atoms with Crippen molar-refractivity contribution in [3.05, 3.63) is 34.7 Å². The molecule has 1 rings (SSSR count). The smallest absolute Gasteiger partial charge is 0.250 e. The Bertz CT molecular complexity index is 492. The first-order valence-electron chi connectivity index (χ1n) is 6.95. The van der Waals surface area contributed by atoms with Crippen LogP contribution in [0.1, 0.15) is 33.6 Å². The van der Waals surface area contributed by atoms with Gasteiger partial charge in [-0.3, -0.25) is 9.59 Å². The van der Waals surface area contributed by atoms with Crippen LogP contribution in [0.2, 0.25) is 0 Å². The Morgan fingerprint density at radius 3 is 2.75 bits per heavy atom. The van der Waals surface area contributed by atoms with E-state index >= 15 is 0 Å². The molecule has 1 aromatic rings. The van der Waals surface area contributed by atoms with E-state index in [4.69, 9.17) is 0 Å². The molecular weight excluding hydrogens is 256 g/mol. The van der Waals surface area contributed by atoms with Gasteiger partial charge in [-0.2, -0.15) is 0 Å². The number of amides is 1. The van der Waals surface area contributed by atoms with E-state index in [0.717, 1.165) is 6.42 Å². The van der Waals surface area contributed by atoms with Crippen molar-refractivity contribution in [2.45, 2.75) is 45.8 Å². The van der Waals surface area contributed by atoms with Gasteiger partial charge in [0.15, 0.2) is 0 Å². The highest BCUT2D eigenvalue weighted by molar-refractivity contribution is 5.75. The molecule has 1 unspecified atom stereocenters. The molecule has 1 heterocycles. The van der Waals surface area contributed by atoms with Crippen LogP contribution in [0.4, 0.5) is 0 Å². The number of nitrogens with one attached hydrogen (secondary N) is 1. The van der Waals surface area contributed by atoms with E-state index in [1.807, 2.05) is 0 Å². The molecule has 0 aliphatic carbocycles. The predicted molar refractivity (Wildman–Crippen MR) is 78.4 cm³/mol. The van der Waals surface area contributed by atoms with Gasteiger partial charge in [0.1, 0.15) is 6.54 Å². The van der Waals surface area contributed by atoms with Crippen molar-refractivity contribution in [3.8, 4) is 0 Å². The van der Waals surface area contributed by atoms with Gasteiger partial charge < -0.3 is 15.0 Å². The summed E-state index contributed by atoms with van der Waals surface area (Å²) in [7, 11) is 0. The molecule has 1 amide bonds. The number of aromatic nitrogens is 1. The zero-order valence-electron chi connectivity index (χ0n) is 12.4. The van der Waals surface area contributed by atoms with Gasteiger partial charge in [0.2, 0.25) is 5.91 Å². The second-order valence-electron chi connectivity index (χ2n) is 5.87. The third kappa shape index (κ3) is 6.02. The number of pyridine rings is 1. The quantitative estimate of drug-likeness (QED) is 0.787. The first-order chi connectivity index (χ1) is 9.30. The van der Waals surface area contributed by atoms with E-state index in [9.17, 15) is 14.7 Å². The van der Waals surface area contributed by atoms with E-state index in [2.05, 4.69) is 19.2 Å². The Morgan fingerprint density at radius 2 is 2.15 bits per heavy atom. The zero-order chi connectivity index (χ0) is 15.2. The fourth-order valence-corrected chi connectivity index (χ4v) is 1.78. The summed E-state index contributed by atoms with van der Waals surface area (Å²) >= 11 is 0. The lowest BCUT2D eigenvalue weighted by Gasteiger charge is -2.24. The number of carbonyl (C=O) groups excluding carboxylic acids is 1. The minimum atomic E-state index is -0.915. The number of rotatable bonds is 7. The van der Waals surface area contributed by atoms with Crippen LogP contribution in [0.15, 0.2) is 29.2 Å². The van der Waals surface area contributed by atoms with E-state index in [1.165, 1.54) is 10.6 Å². The van der Waals surface area contributed by atoms with Gasteiger partial charge in [-0.05, 0) is 31.7 Å². The van der Waals surface area contributed by atoms with Crippen LogP contribution >= 0.6 is 0 Å². The number of aliphatic hydroxyl groups is 1. The zero-order valence-corrected chi connectivity index (χ0v) is 12.4. The average molecular weight is 280 g/mol. The molecule has 1 aromatic heterocycles. The normalized spacial score (nSPS) is 14.1. The van der Waals surface area contributed by atoms with Crippen LogP contribution in [0, 0.1) is 5.92 Å². The fraction of sp³-hybridized carbons (Fsp3) is 0.600. The highest BCUT2D eigenvalue weighted by atomic mass is 16.3. The summed E-state index contributed by atoms with van der Waals surface area (Å²) in [6.45, 7) is 6.07. The molecule has 0 saturated heterocycles. The number of hydrogen-bond donors (Lipinski definition) is 2. The summed E-state index contributed by atoms with van der Waals surface area (Å²) in [6, 6.07) is 4.74. The molecule has 2 N–H and O–H groups in total. The van der Waals surface area contributed by atoms with Gasteiger partial charge in [0.25, 0.3) is 5.56 Å². The van der Waals surface area contributed by atoms with E-state index in [1.54, 1.807) is 25.3 Å². The molecule has 0 saturated carbocycles. The standard InChI is InChI=1S/C15H24N2O3/c1-12(2)7-8-15(3,20)11-16-13(18)10-17-9-5-4-6-14(17)19/h4-6,9,12,20H,7-8,10-11H2,1-3H3,(H,16,18). The van der Waals surface area contributed by atoms with Crippen molar-refractivity contribution in [2.24, 2.45) is 5.92 Å². The summed E-state index contributed by atoms with van der Waals surface area (Å²) in [6.07, 6.45) is 3.11. The topological polar surface area (TPSA) is 71.3 Å². The van der Waals surface area contributed by atoms with Crippen molar-refractivity contribution in [3.63, 3.8) is 0 Å². The molecule has 0 radical (unpaired) electrons. The Labute approximate surface area is 119 Å². The molecule has 112 valence electrons. The van der Waals surface area contributed by atoms with E-state index in [-0.39, 0.29) is 24.6 Å². The molecule has 1 atom stereocenters. The molecule has 0 bridgehead atoms. The second-order valence-corrected chi connectivity index (χ2v) is 5.87. The number of nitrogens with zero attached hydrogens (tertiary/aromatic N) is 1. The van der Waals surface area contributed by atoms with Gasteiger partial charge >= 0.3 is 0 Å².